The van der Waals surface area contributed by atoms with Crippen LogP contribution in [0.4, 0.5) is 11.4 Å². The number of nitrogen functional groups attached to an aromatic ring is 1. The zero-order chi connectivity index (χ0) is 12.3. The first-order chi connectivity index (χ1) is 8.15. The highest BCUT2D eigenvalue weighted by Crippen LogP contribution is 2.27. The summed E-state index contributed by atoms with van der Waals surface area (Å²) in [5.74, 6) is 0.740. The molecular formula is C13H20N2O2. The molecule has 0 spiro atoms. The fourth-order valence-electron chi connectivity index (χ4n) is 1.86. The van der Waals surface area contributed by atoms with Gasteiger partial charge in [0.25, 0.3) is 0 Å². The minimum absolute atomic E-state index is 0.127. The molecule has 4 heteroatoms. The molecule has 0 saturated carbocycles. The third kappa shape index (κ3) is 3.27. The van der Waals surface area contributed by atoms with E-state index in [0.717, 1.165) is 31.1 Å². The average molecular weight is 236 g/mol. The quantitative estimate of drug-likeness (QED) is 0.787. The highest BCUT2D eigenvalue weighted by atomic mass is 16.5. The SMILES string of the molecule is CC(C)Oc1cc(NC2CCOC2)ccc1N. The average Bonchev–Trinajstić information content (AvgIpc) is 2.75. The molecule has 0 aromatic heterocycles. The van der Waals surface area contributed by atoms with E-state index in [-0.39, 0.29) is 6.10 Å². The summed E-state index contributed by atoms with van der Waals surface area (Å²) in [4.78, 5) is 0. The minimum Gasteiger partial charge on any atom is -0.489 e. The number of nitrogens with two attached hydrogens (primary N) is 1. The molecule has 0 amide bonds. The number of rotatable bonds is 4. The molecule has 1 aromatic carbocycles. The Morgan fingerprint density at radius 3 is 2.94 bits per heavy atom. The van der Waals surface area contributed by atoms with Crippen molar-refractivity contribution in [3.8, 4) is 5.75 Å². The van der Waals surface area contributed by atoms with Gasteiger partial charge in [0.05, 0.1) is 24.4 Å². The monoisotopic (exact) mass is 236 g/mol. The van der Waals surface area contributed by atoms with Gasteiger partial charge in [-0.05, 0) is 32.4 Å². The van der Waals surface area contributed by atoms with Gasteiger partial charge in [-0.15, -0.1) is 0 Å². The van der Waals surface area contributed by atoms with Gasteiger partial charge in [-0.1, -0.05) is 0 Å². The lowest BCUT2D eigenvalue weighted by molar-refractivity contribution is 0.195. The van der Waals surface area contributed by atoms with Crippen LogP contribution in [0.25, 0.3) is 0 Å². The molecule has 0 aliphatic carbocycles. The van der Waals surface area contributed by atoms with Crippen LogP contribution in [-0.2, 0) is 4.74 Å². The van der Waals surface area contributed by atoms with Gasteiger partial charge in [-0.3, -0.25) is 0 Å². The van der Waals surface area contributed by atoms with E-state index in [4.69, 9.17) is 15.2 Å². The van der Waals surface area contributed by atoms with Crippen molar-refractivity contribution in [1.29, 1.82) is 0 Å². The summed E-state index contributed by atoms with van der Waals surface area (Å²) >= 11 is 0. The summed E-state index contributed by atoms with van der Waals surface area (Å²) in [6, 6.07) is 6.19. The Morgan fingerprint density at radius 2 is 2.29 bits per heavy atom. The number of hydrogen-bond donors (Lipinski definition) is 2. The Kier molecular flexibility index (Phi) is 3.74. The first-order valence-electron chi connectivity index (χ1n) is 6.05. The summed E-state index contributed by atoms with van der Waals surface area (Å²) in [6.07, 6.45) is 1.17. The van der Waals surface area contributed by atoms with E-state index in [1.807, 2.05) is 32.0 Å². The third-order valence-electron chi connectivity index (χ3n) is 2.68. The topological polar surface area (TPSA) is 56.5 Å². The number of ether oxygens (including phenoxy) is 2. The Balaban J connectivity index is 2.06. The first kappa shape index (κ1) is 12.0. The van der Waals surface area contributed by atoms with Gasteiger partial charge in [0.1, 0.15) is 5.75 Å². The summed E-state index contributed by atoms with van der Waals surface area (Å²) in [5, 5.41) is 3.42. The molecule has 17 heavy (non-hydrogen) atoms. The molecule has 1 unspecified atom stereocenters. The summed E-state index contributed by atoms with van der Waals surface area (Å²) in [6.45, 7) is 5.58. The van der Waals surface area contributed by atoms with E-state index in [1.54, 1.807) is 0 Å². The lowest BCUT2D eigenvalue weighted by Crippen LogP contribution is -2.19. The van der Waals surface area contributed by atoms with Crippen molar-refractivity contribution < 1.29 is 9.47 Å². The van der Waals surface area contributed by atoms with Crippen molar-refractivity contribution >= 4 is 11.4 Å². The van der Waals surface area contributed by atoms with E-state index in [1.165, 1.54) is 0 Å². The normalized spacial score (nSPS) is 19.6. The highest BCUT2D eigenvalue weighted by Gasteiger charge is 2.15. The number of nitrogens with one attached hydrogen (secondary N) is 1. The van der Waals surface area contributed by atoms with Crippen molar-refractivity contribution in [3.63, 3.8) is 0 Å². The molecule has 94 valence electrons. The van der Waals surface area contributed by atoms with Crippen LogP contribution in [0, 0.1) is 0 Å². The second kappa shape index (κ2) is 5.27. The lowest BCUT2D eigenvalue weighted by atomic mass is 10.2. The van der Waals surface area contributed by atoms with Crippen LogP contribution >= 0.6 is 0 Å². The van der Waals surface area contributed by atoms with Crippen molar-refractivity contribution in [2.75, 3.05) is 24.3 Å². The number of hydrogen-bond acceptors (Lipinski definition) is 4. The van der Waals surface area contributed by atoms with Crippen LogP contribution in [0.2, 0.25) is 0 Å². The van der Waals surface area contributed by atoms with E-state index in [0.29, 0.717) is 11.7 Å². The third-order valence-corrected chi connectivity index (χ3v) is 2.68. The Bertz CT molecular complexity index is 374. The molecule has 1 aromatic rings. The first-order valence-corrected chi connectivity index (χ1v) is 6.05. The van der Waals surface area contributed by atoms with Gasteiger partial charge in [0.15, 0.2) is 0 Å². The molecule has 1 atom stereocenters. The van der Waals surface area contributed by atoms with Gasteiger partial charge >= 0.3 is 0 Å². The minimum atomic E-state index is 0.127. The fraction of sp³-hybridized carbons (Fsp3) is 0.538. The van der Waals surface area contributed by atoms with E-state index >= 15 is 0 Å². The van der Waals surface area contributed by atoms with Gasteiger partial charge in [0.2, 0.25) is 0 Å². The lowest BCUT2D eigenvalue weighted by Gasteiger charge is -2.16. The van der Waals surface area contributed by atoms with E-state index < -0.39 is 0 Å². The van der Waals surface area contributed by atoms with Crippen molar-refractivity contribution in [2.45, 2.75) is 32.4 Å². The number of benzene rings is 1. The van der Waals surface area contributed by atoms with Gasteiger partial charge < -0.3 is 20.5 Å². The maximum atomic E-state index is 5.87. The Hall–Kier alpha value is -1.42. The molecule has 3 N–H and O–H groups in total. The molecule has 0 radical (unpaired) electrons. The number of anilines is 2. The predicted octanol–water partition coefficient (Wildman–Crippen LogP) is 2.26. The molecule has 1 aliphatic heterocycles. The Morgan fingerprint density at radius 1 is 1.47 bits per heavy atom. The largest absolute Gasteiger partial charge is 0.489 e. The summed E-state index contributed by atoms with van der Waals surface area (Å²) in [7, 11) is 0. The maximum Gasteiger partial charge on any atom is 0.144 e. The van der Waals surface area contributed by atoms with Gasteiger partial charge in [-0.2, -0.15) is 0 Å². The summed E-state index contributed by atoms with van der Waals surface area (Å²) < 4.78 is 11.0. The molecule has 2 rings (SSSR count). The standard InChI is InChI=1S/C13H20N2O2/c1-9(2)17-13-7-10(3-4-12(13)14)15-11-5-6-16-8-11/h3-4,7,9,11,15H,5-6,8,14H2,1-2H3. The van der Waals surface area contributed by atoms with Crippen molar-refractivity contribution in [3.05, 3.63) is 18.2 Å². The van der Waals surface area contributed by atoms with Crippen molar-refractivity contribution in [2.24, 2.45) is 0 Å². The predicted molar refractivity (Wildman–Crippen MR) is 69.5 cm³/mol. The molecule has 1 fully saturated rings. The second-order valence-electron chi connectivity index (χ2n) is 4.62. The van der Waals surface area contributed by atoms with Crippen LogP contribution < -0.4 is 15.8 Å². The van der Waals surface area contributed by atoms with Gasteiger partial charge in [-0.25, -0.2) is 0 Å². The van der Waals surface area contributed by atoms with Crippen LogP contribution in [-0.4, -0.2) is 25.4 Å². The van der Waals surface area contributed by atoms with Gasteiger partial charge in [0, 0.05) is 18.4 Å². The smallest absolute Gasteiger partial charge is 0.144 e. The molecule has 0 bridgehead atoms. The Labute approximate surface area is 102 Å². The van der Waals surface area contributed by atoms with Crippen molar-refractivity contribution in [1.82, 2.24) is 0 Å². The van der Waals surface area contributed by atoms with Crippen LogP contribution in [0.15, 0.2) is 18.2 Å². The fourth-order valence-corrected chi connectivity index (χ4v) is 1.86. The molecule has 1 heterocycles. The van der Waals surface area contributed by atoms with Crippen LogP contribution in [0.3, 0.4) is 0 Å². The maximum absolute atomic E-state index is 5.87. The highest BCUT2D eigenvalue weighted by molar-refractivity contribution is 5.61. The molecule has 1 aliphatic rings. The second-order valence-corrected chi connectivity index (χ2v) is 4.62. The van der Waals surface area contributed by atoms with E-state index in [2.05, 4.69) is 5.32 Å². The van der Waals surface area contributed by atoms with Crippen LogP contribution in [0.5, 0.6) is 5.75 Å². The van der Waals surface area contributed by atoms with Crippen LogP contribution in [0.1, 0.15) is 20.3 Å². The summed E-state index contributed by atoms with van der Waals surface area (Å²) in [5.41, 5.74) is 7.57. The molecule has 4 nitrogen and oxygen atoms in total. The zero-order valence-electron chi connectivity index (χ0n) is 10.4. The zero-order valence-corrected chi connectivity index (χ0v) is 10.4. The molecular weight excluding hydrogens is 216 g/mol. The van der Waals surface area contributed by atoms with E-state index in [9.17, 15) is 0 Å². The molecule has 1 saturated heterocycles.